The van der Waals surface area contributed by atoms with Crippen molar-refractivity contribution in [1.82, 2.24) is 9.97 Å². The van der Waals surface area contributed by atoms with Crippen LogP contribution < -0.4 is 5.32 Å². The van der Waals surface area contributed by atoms with Crippen LogP contribution in [-0.2, 0) is 0 Å². The fourth-order valence-electron chi connectivity index (χ4n) is 2.25. The maximum atomic E-state index is 4.83. The van der Waals surface area contributed by atoms with Gasteiger partial charge >= 0.3 is 0 Å². The largest absolute Gasteiger partial charge is 0.373 e. The molecule has 18 heavy (non-hydrogen) atoms. The first kappa shape index (κ1) is 12.6. The Hall–Kier alpha value is -0.420. The van der Waals surface area contributed by atoms with E-state index in [9.17, 15) is 0 Å². The van der Waals surface area contributed by atoms with Gasteiger partial charge < -0.3 is 5.32 Å². The molecule has 2 unspecified atom stereocenters. The molecule has 0 spiro atoms. The van der Waals surface area contributed by atoms with Crippen molar-refractivity contribution < 1.29 is 0 Å². The van der Waals surface area contributed by atoms with Gasteiger partial charge in [-0.25, -0.2) is 9.97 Å². The van der Waals surface area contributed by atoms with Crippen molar-refractivity contribution in [3.8, 4) is 0 Å². The van der Waals surface area contributed by atoms with Crippen LogP contribution in [-0.4, -0.2) is 33.8 Å². The first-order valence-electron chi connectivity index (χ1n) is 6.58. The molecule has 5 heteroatoms. The monoisotopic (exact) mass is 281 g/mol. The molecular weight excluding hydrogens is 262 g/mol. The lowest BCUT2D eigenvalue weighted by molar-refractivity contribution is 0.804. The lowest BCUT2D eigenvalue weighted by atomic mass is 10.2. The second kappa shape index (κ2) is 5.29. The quantitative estimate of drug-likeness (QED) is 0.920. The van der Waals surface area contributed by atoms with Crippen LogP contribution in [0.5, 0.6) is 0 Å². The van der Waals surface area contributed by atoms with Gasteiger partial charge in [-0.1, -0.05) is 6.92 Å². The van der Waals surface area contributed by atoms with Gasteiger partial charge in [-0.3, -0.25) is 0 Å². The Morgan fingerprint density at radius 3 is 2.67 bits per heavy atom. The summed E-state index contributed by atoms with van der Waals surface area (Å²) in [5.41, 5.74) is 1.24. The zero-order valence-corrected chi connectivity index (χ0v) is 12.5. The van der Waals surface area contributed by atoms with Crippen LogP contribution in [0.1, 0.15) is 42.5 Å². The fraction of sp³-hybridized carbons (Fsp3) is 0.692. The number of thioether (sulfide) groups is 2. The Morgan fingerprint density at radius 1 is 1.22 bits per heavy atom. The Labute approximate surface area is 117 Å². The van der Waals surface area contributed by atoms with Crippen LogP contribution in [0.15, 0.2) is 6.07 Å². The average molecular weight is 281 g/mol. The van der Waals surface area contributed by atoms with Gasteiger partial charge in [-0.05, 0) is 12.8 Å². The molecule has 2 heterocycles. The van der Waals surface area contributed by atoms with Crippen LogP contribution in [0.4, 0.5) is 5.82 Å². The molecule has 2 fully saturated rings. The van der Waals surface area contributed by atoms with Crippen molar-refractivity contribution in [2.24, 2.45) is 0 Å². The highest BCUT2D eigenvalue weighted by Crippen LogP contribution is 2.43. The van der Waals surface area contributed by atoms with E-state index in [0.29, 0.717) is 16.4 Å². The number of hydrogen-bond acceptors (Lipinski definition) is 5. The SMILES string of the molecule is CNc1cc(C2CC2)nc(C2SCCSC2C)n1. The molecule has 2 atom stereocenters. The van der Waals surface area contributed by atoms with Crippen LogP contribution in [0.25, 0.3) is 0 Å². The fourth-order valence-corrected chi connectivity index (χ4v) is 4.93. The van der Waals surface area contributed by atoms with Crippen molar-refractivity contribution in [1.29, 1.82) is 0 Å². The summed E-state index contributed by atoms with van der Waals surface area (Å²) in [6.45, 7) is 2.30. The highest BCUT2D eigenvalue weighted by atomic mass is 32.2. The zero-order valence-electron chi connectivity index (χ0n) is 10.8. The number of nitrogens with one attached hydrogen (secondary N) is 1. The maximum absolute atomic E-state index is 4.83. The van der Waals surface area contributed by atoms with Crippen LogP contribution >= 0.6 is 23.5 Å². The van der Waals surface area contributed by atoms with Gasteiger partial charge in [-0.2, -0.15) is 11.8 Å². The van der Waals surface area contributed by atoms with Gasteiger partial charge in [0.2, 0.25) is 0 Å². The summed E-state index contributed by atoms with van der Waals surface area (Å²) < 4.78 is 0. The number of aromatic nitrogens is 2. The third-order valence-corrected chi connectivity index (χ3v) is 6.54. The third-order valence-electron chi connectivity index (χ3n) is 3.46. The van der Waals surface area contributed by atoms with Crippen LogP contribution in [0, 0.1) is 0 Å². The molecule has 1 N–H and O–H groups in total. The smallest absolute Gasteiger partial charge is 0.145 e. The normalized spacial score (nSPS) is 28.1. The van der Waals surface area contributed by atoms with Crippen LogP contribution in [0.2, 0.25) is 0 Å². The molecule has 98 valence electrons. The second-order valence-corrected chi connectivity index (χ2v) is 7.66. The number of hydrogen-bond donors (Lipinski definition) is 1. The average Bonchev–Trinajstić information content (AvgIpc) is 3.23. The van der Waals surface area contributed by atoms with Gasteiger partial charge in [-0.15, -0.1) is 11.8 Å². The number of rotatable bonds is 3. The highest BCUT2D eigenvalue weighted by Gasteiger charge is 2.30. The molecule has 1 saturated carbocycles. The lowest BCUT2D eigenvalue weighted by Crippen LogP contribution is -2.19. The molecule has 1 aromatic rings. The molecule has 1 aliphatic carbocycles. The van der Waals surface area contributed by atoms with Crippen molar-refractivity contribution in [2.45, 2.75) is 36.2 Å². The van der Waals surface area contributed by atoms with E-state index in [2.05, 4.69) is 23.3 Å². The molecule has 0 bridgehead atoms. The summed E-state index contributed by atoms with van der Waals surface area (Å²) in [6.07, 6.45) is 2.59. The van der Waals surface area contributed by atoms with E-state index in [1.165, 1.54) is 30.0 Å². The second-order valence-electron chi connectivity index (χ2n) is 4.93. The Kier molecular flexibility index (Phi) is 3.71. The molecule has 0 amide bonds. The summed E-state index contributed by atoms with van der Waals surface area (Å²) in [4.78, 5) is 9.51. The maximum Gasteiger partial charge on any atom is 0.145 e. The van der Waals surface area contributed by atoms with Gasteiger partial charge in [0.05, 0.1) is 5.25 Å². The Morgan fingerprint density at radius 2 is 2.00 bits per heavy atom. The van der Waals surface area contributed by atoms with Gasteiger partial charge in [0.25, 0.3) is 0 Å². The topological polar surface area (TPSA) is 37.8 Å². The lowest BCUT2D eigenvalue weighted by Gasteiger charge is -2.27. The summed E-state index contributed by atoms with van der Waals surface area (Å²) in [6, 6.07) is 2.12. The summed E-state index contributed by atoms with van der Waals surface area (Å²) in [7, 11) is 1.94. The van der Waals surface area contributed by atoms with E-state index in [4.69, 9.17) is 4.98 Å². The van der Waals surface area contributed by atoms with Crippen molar-refractivity contribution >= 4 is 29.3 Å². The minimum atomic E-state index is 0.453. The van der Waals surface area contributed by atoms with E-state index >= 15 is 0 Å². The molecule has 0 aromatic carbocycles. The standard InChI is InChI=1S/C13H19N3S2/c1-8-12(18-6-5-17-8)13-15-10(9-3-4-9)7-11(14-2)16-13/h7-9,12H,3-6H2,1-2H3,(H,14,15,16). The number of anilines is 1. The van der Waals surface area contributed by atoms with Crippen molar-refractivity contribution in [2.75, 3.05) is 23.9 Å². The molecule has 1 saturated heterocycles. The predicted molar refractivity (Wildman–Crippen MR) is 80.7 cm³/mol. The minimum Gasteiger partial charge on any atom is -0.373 e. The molecule has 3 rings (SSSR count). The molecule has 3 nitrogen and oxygen atoms in total. The van der Waals surface area contributed by atoms with E-state index < -0.39 is 0 Å². The Balaban J connectivity index is 1.91. The predicted octanol–water partition coefficient (Wildman–Crippen LogP) is 3.31. The van der Waals surface area contributed by atoms with E-state index in [0.717, 1.165) is 11.6 Å². The van der Waals surface area contributed by atoms with Crippen molar-refractivity contribution in [3.05, 3.63) is 17.6 Å². The summed E-state index contributed by atoms with van der Waals surface area (Å²) in [5.74, 6) is 5.17. The third kappa shape index (κ3) is 2.62. The van der Waals surface area contributed by atoms with E-state index in [1.807, 2.05) is 30.6 Å². The minimum absolute atomic E-state index is 0.453. The first-order chi connectivity index (χ1) is 8.78. The van der Waals surface area contributed by atoms with Gasteiger partial charge in [0.1, 0.15) is 11.6 Å². The molecular formula is C13H19N3S2. The molecule has 2 aliphatic rings. The van der Waals surface area contributed by atoms with E-state index in [1.54, 1.807) is 0 Å². The number of nitrogens with zero attached hydrogens (tertiary/aromatic N) is 2. The van der Waals surface area contributed by atoms with Gasteiger partial charge in [0.15, 0.2) is 0 Å². The molecule has 1 aromatic heterocycles. The van der Waals surface area contributed by atoms with E-state index in [-0.39, 0.29) is 0 Å². The van der Waals surface area contributed by atoms with Crippen LogP contribution in [0.3, 0.4) is 0 Å². The highest BCUT2D eigenvalue weighted by molar-refractivity contribution is 8.06. The van der Waals surface area contributed by atoms with Crippen molar-refractivity contribution in [3.63, 3.8) is 0 Å². The summed E-state index contributed by atoms with van der Waals surface area (Å²) in [5, 5.41) is 4.24. The first-order valence-corrected chi connectivity index (χ1v) is 8.67. The Bertz CT molecular complexity index is 434. The summed E-state index contributed by atoms with van der Waals surface area (Å²) >= 11 is 4.05. The molecule has 0 radical (unpaired) electrons. The van der Waals surface area contributed by atoms with Gasteiger partial charge in [0, 0.05) is 41.5 Å². The molecule has 1 aliphatic heterocycles. The zero-order chi connectivity index (χ0) is 12.5.